The Hall–Kier alpha value is -1.38. The van der Waals surface area contributed by atoms with Gasteiger partial charge in [-0.25, -0.2) is 0 Å². The number of rotatable bonds is 2. The summed E-state index contributed by atoms with van der Waals surface area (Å²) in [6, 6.07) is 9.08. The Labute approximate surface area is 115 Å². The number of nitriles is 1. The highest BCUT2D eigenvalue weighted by molar-refractivity contribution is 9.10. The molecule has 0 unspecified atom stereocenters. The van der Waals surface area contributed by atoms with Crippen molar-refractivity contribution in [2.75, 3.05) is 0 Å². The van der Waals surface area contributed by atoms with Gasteiger partial charge in [-0.15, -0.1) is 0 Å². The Morgan fingerprint density at radius 1 is 1.12 bits per heavy atom. The van der Waals surface area contributed by atoms with Crippen molar-refractivity contribution >= 4 is 31.9 Å². The summed E-state index contributed by atoms with van der Waals surface area (Å²) in [5, 5.41) is 8.80. The van der Waals surface area contributed by atoms with E-state index in [1.165, 1.54) is 0 Å². The lowest BCUT2D eigenvalue weighted by Gasteiger charge is -2.06. The van der Waals surface area contributed by atoms with E-state index >= 15 is 0 Å². The van der Waals surface area contributed by atoms with E-state index in [0.29, 0.717) is 21.5 Å². The number of hydrogen-bond donors (Lipinski definition) is 0. The Kier molecular flexibility index (Phi) is 3.77. The second-order valence-electron chi connectivity index (χ2n) is 3.19. The average molecular weight is 354 g/mol. The molecule has 0 N–H and O–H groups in total. The van der Waals surface area contributed by atoms with Gasteiger partial charge in [0, 0.05) is 15.1 Å². The van der Waals surface area contributed by atoms with Gasteiger partial charge in [0.25, 0.3) is 0 Å². The Morgan fingerprint density at radius 2 is 1.94 bits per heavy atom. The van der Waals surface area contributed by atoms with Crippen molar-refractivity contribution in [1.82, 2.24) is 4.98 Å². The maximum Gasteiger partial charge on any atom is 0.146 e. The molecule has 2 aromatic rings. The van der Waals surface area contributed by atoms with Gasteiger partial charge in [0.1, 0.15) is 17.6 Å². The van der Waals surface area contributed by atoms with Crippen LogP contribution in [0.15, 0.2) is 45.6 Å². The Balaban J connectivity index is 2.25. The SMILES string of the molecule is N#Cc1ccc(Oc2cncc(Br)c2)cc1Br. The molecular formula is C12H6Br2N2O. The van der Waals surface area contributed by atoms with Crippen LogP contribution in [-0.2, 0) is 0 Å². The van der Waals surface area contributed by atoms with Gasteiger partial charge in [-0.3, -0.25) is 4.98 Å². The van der Waals surface area contributed by atoms with Crippen LogP contribution in [0.1, 0.15) is 5.56 Å². The van der Waals surface area contributed by atoms with Crippen LogP contribution < -0.4 is 4.74 Å². The van der Waals surface area contributed by atoms with E-state index in [2.05, 4.69) is 42.9 Å². The number of aromatic nitrogens is 1. The molecule has 0 atom stereocenters. The van der Waals surface area contributed by atoms with Crippen molar-refractivity contribution in [1.29, 1.82) is 5.26 Å². The van der Waals surface area contributed by atoms with Gasteiger partial charge in [-0.1, -0.05) is 0 Å². The van der Waals surface area contributed by atoms with Gasteiger partial charge in [-0.05, 0) is 56.1 Å². The molecule has 0 aliphatic carbocycles. The average Bonchev–Trinajstić information content (AvgIpc) is 2.29. The fourth-order valence-electron chi connectivity index (χ4n) is 1.23. The van der Waals surface area contributed by atoms with Crippen LogP contribution >= 0.6 is 31.9 Å². The lowest BCUT2D eigenvalue weighted by atomic mass is 10.2. The highest BCUT2D eigenvalue weighted by Gasteiger charge is 2.03. The van der Waals surface area contributed by atoms with Gasteiger partial charge >= 0.3 is 0 Å². The molecular weight excluding hydrogens is 348 g/mol. The second-order valence-corrected chi connectivity index (χ2v) is 4.96. The number of benzene rings is 1. The Bertz CT molecular complexity index is 593. The third-order valence-corrected chi connectivity index (χ3v) is 3.07. The van der Waals surface area contributed by atoms with Crippen molar-refractivity contribution in [3.8, 4) is 17.6 Å². The zero-order valence-electron chi connectivity index (χ0n) is 8.52. The zero-order chi connectivity index (χ0) is 12.3. The molecule has 17 heavy (non-hydrogen) atoms. The predicted octanol–water partition coefficient (Wildman–Crippen LogP) is 4.27. The fourth-order valence-corrected chi connectivity index (χ4v) is 2.02. The van der Waals surface area contributed by atoms with Crippen molar-refractivity contribution in [3.63, 3.8) is 0 Å². The van der Waals surface area contributed by atoms with E-state index in [-0.39, 0.29) is 0 Å². The number of ether oxygens (including phenoxy) is 1. The van der Waals surface area contributed by atoms with E-state index in [9.17, 15) is 0 Å². The van der Waals surface area contributed by atoms with Crippen LogP contribution in [0.2, 0.25) is 0 Å². The maximum atomic E-state index is 8.80. The summed E-state index contributed by atoms with van der Waals surface area (Å²) in [6.07, 6.45) is 3.30. The molecule has 0 fully saturated rings. The molecule has 84 valence electrons. The van der Waals surface area contributed by atoms with E-state index in [0.717, 1.165) is 4.47 Å². The molecule has 0 saturated heterocycles. The van der Waals surface area contributed by atoms with Crippen molar-refractivity contribution in [3.05, 3.63) is 51.2 Å². The standard InChI is InChI=1S/C12H6Br2N2O/c13-9-3-11(7-16-6-9)17-10-2-1-8(5-15)12(14)4-10/h1-4,6-7H. The molecule has 0 radical (unpaired) electrons. The molecule has 0 spiro atoms. The number of halogens is 2. The minimum absolute atomic E-state index is 0.574. The minimum atomic E-state index is 0.574. The van der Waals surface area contributed by atoms with Gasteiger partial charge in [-0.2, -0.15) is 5.26 Å². The summed E-state index contributed by atoms with van der Waals surface area (Å²) in [5.74, 6) is 1.28. The van der Waals surface area contributed by atoms with E-state index < -0.39 is 0 Å². The molecule has 1 aromatic heterocycles. The summed E-state index contributed by atoms with van der Waals surface area (Å²) in [7, 11) is 0. The molecule has 1 aromatic carbocycles. The third-order valence-electron chi connectivity index (χ3n) is 1.98. The highest BCUT2D eigenvalue weighted by Crippen LogP contribution is 2.27. The van der Waals surface area contributed by atoms with E-state index in [4.69, 9.17) is 10.00 Å². The normalized spacial score (nSPS) is 9.71. The van der Waals surface area contributed by atoms with Crippen LogP contribution in [-0.4, -0.2) is 4.98 Å². The summed E-state index contributed by atoms with van der Waals surface area (Å²) in [6.45, 7) is 0. The lowest BCUT2D eigenvalue weighted by Crippen LogP contribution is -1.86. The van der Waals surface area contributed by atoms with E-state index in [1.54, 1.807) is 30.6 Å². The first-order valence-corrected chi connectivity index (χ1v) is 6.25. The summed E-state index contributed by atoms with van der Waals surface area (Å²) in [5.41, 5.74) is 0.574. The summed E-state index contributed by atoms with van der Waals surface area (Å²) < 4.78 is 7.17. The maximum absolute atomic E-state index is 8.80. The molecule has 5 heteroatoms. The zero-order valence-corrected chi connectivity index (χ0v) is 11.7. The quantitative estimate of drug-likeness (QED) is 0.809. The molecule has 0 bridgehead atoms. The van der Waals surface area contributed by atoms with Gasteiger partial charge < -0.3 is 4.74 Å². The molecule has 3 nitrogen and oxygen atoms in total. The minimum Gasteiger partial charge on any atom is -0.456 e. The van der Waals surface area contributed by atoms with Crippen molar-refractivity contribution < 1.29 is 4.74 Å². The first-order chi connectivity index (χ1) is 8.19. The monoisotopic (exact) mass is 352 g/mol. The van der Waals surface area contributed by atoms with Crippen molar-refractivity contribution in [2.45, 2.75) is 0 Å². The van der Waals surface area contributed by atoms with Gasteiger partial charge in [0.05, 0.1) is 11.8 Å². The molecule has 1 heterocycles. The van der Waals surface area contributed by atoms with Crippen molar-refractivity contribution in [2.24, 2.45) is 0 Å². The molecule has 0 aliphatic rings. The third kappa shape index (κ3) is 3.05. The van der Waals surface area contributed by atoms with Gasteiger partial charge in [0.2, 0.25) is 0 Å². The smallest absolute Gasteiger partial charge is 0.146 e. The summed E-state index contributed by atoms with van der Waals surface area (Å²) in [4.78, 5) is 4.00. The van der Waals surface area contributed by atoms with Gasteiger partial charge in [0.15, 0.2) is 0 Å². The van der Waals surface area contributed by atoms with Crippen LogP contribution in [0, 0.1) is 11.3 Å². The number of pyridine rings is 1. The van der Waals surface area contributed by atoms with Crippen LogP contribution in [0.5, 0.6) is 11.5 Å². The number of hydrogen-bond acceptors (Lipinski definition) is 3. The molecule has 2 rings (SSSR count). The van der Waals surface area contributed by atoms with E-state index in [1.807, 2.05) is 6.07 Å². The largest absolute Gasteiger partial charge is 0.456 e. The molecule has 0 saturated carbocycles. The lowest BCUT2D eigenvalue weighted by molar-refractivity contribution is 0.479. The first kappa shape index (κ1) is 12.1. The topological polar surface area (TPSA) is 45.9 Å². The first-order valence-electron chi connectivity index (χ1n) is 4.67. The predicted molar refractivity (Wildman–Crippen MR) is 70.9 cm³/mol. The van der Waals surface area contributed by atoms with Crippen LogP contribution in [0.4, 0.5) is 0 Å². The second kappa shape index (κ2) is 5.30. The number of nitrogens with zero attached hydrogens (tertiary/aromatic N) is 2. The summed E-state index contributed by atoms with van der Waals surface area (Å²) >= 11 is 6.63. The highest BCUT2D eigenvalue weighted by atomic mass is 79.9. The van der Waals surface area contributed by atoms with Crippen LogP contribution in [0.3, 0.4) is 0 Å². The van der Waals surface area contributed by atoms with Crippen LogP contribution in [0.25, 0.3) is 0 Å². The molecule has 0 amide bonds. The molecule has 0 aliphatic heterocycles. The fraction of sp³-hybridized carbons (Fsp3) is 0. The Morgan fingerprint density at radius 3 is 2.59 bits per heavy atom.